The standard InChI is InChI=1S/C15H15ClO/c1-2-12-3-5-13(6-4-12)11-17-15-9-7-14(16)8-10-15/h3-10H,2,11H2,1H3. The van der Waals surface area contributed by atoms with Crippen LogP contribution < -0.4 is 4.74 Å². The molecule has 0 fully saturated rings. The molecule has 0 aliphatic rings. The lowest BCUT2D eigenvalue weighted by atomic mass is 10.1. The molecule has 2 aromatic rings. The summed E-state index contributed by atoms with van der Waals surface area (Å²) in [5.41, 5.74) is 2.53. The van der Waals surface area contributed by atoms with Crippen molar-refractivity contribution in [3.8, 4) is 5.75 Å². The minimum atomic E-state index is 0.589. The summed E-state index contributed by atoms with van der Waals surface area (Å²) in [5, 5.41) is 0.727. The van der Waals surface area contributed by atoms with Gasteiger partial charge in [-0.3, -0.25) is 0 Å². The van der Waals surface area contributed by atoms with Crippen molar-refractivity contribution >= 4 is 11.6 Å². The Morgan fingerprint density at radius 1 is 0.882 bits per heavy atom. The van der Waals surface area contributed by atoms with Crippen molar-refractivity contribution in [2.75, 3.05) is 0 Å². The van der Waals surface area contributed by atoms with Crippen LogP contribution in [-0.2, 0) is 13.0 Å². The van der Waals surface area contributed by atoms with Gasteiger partial charge in [-0.1, -0.05) is 42.8 Å². The van der Waals surface area contributed by atoms with E-state index in [0.29, 0.717) is 6.61 Å². The number of halogens is 1. The van der Waals surface area contributed by atoms with E-state index >= 15 is 0 Å². The molecule has 2 aromatic carbocycles. The van der Waals surface area contributed by atoms with Gasteiger partial charge in [0.15, 0.2) is 0 Å². The molecule has 17 heavy (non-hydrogen) atoms. The third-order valence-electron chi connectivity index (χ3n) is 2.65. The minimum absolute atomic E-state index is 0.589. The van der Waals surface area contributed by atoms with Crippen molar-refractivity contribution in [3.63, 3.8) is 0 Å². The van der Waals surface area contributed by atoms with Gasteiger partial charge in [-0.15, -0.1) is 0 Å². The second-order valence-electron chi connectivity index (χ2n) is 3.91. The van der Waals surface area contributed by atoms with Crippen molar-refractivity contribution < 1.29 is 4.74 Å². The van der Waals surface area contributed by atoms with Crippen molar-refractivity contribution in [2.45, 2.75) is 20.0 Å². The summed E-state index contributed by atoms with van der Waals surface area (Å²) in [6.07, 6.45) is 1.07. The topological polar surface area (TPSA) is 9.23 Å². The summed E-state index contributed by atoms with van der Waals surface area (Å²) in [6, 6.07) is 15.9. The molecule has 0 N–H and O–H groups in total. The lowest BCUT2D eigenvalue weighted by Gasteiger charge is -2.06. The van der Waals surface area contributed by atoms with Crippen LogP contribution in [0.25, 0.3) is 0 Å². The smallest absolute Gasteiger partial charge is 0.119 e. The molecule has 0 aliphatic heterocycles. The molecule has 88 valence electrons. The van der Waals surface area contributed by atoms with E-state index in [9.17, 15) is 0 Å². The van der Waals surface area contributed by atoms with Gasteiger partial charge in [0.05, 0.1) is 0 Å². The second-order valence-corrected chi connectivity index (χ2v) is 4.35. The van der Waals surface area contributed by atoms with Crippen molar-refractivity contribution in [1.29, 1.82) is 0 Å². The molecule has 0 unspecified atom stereocenters. The number of hydrogen-bond donors (Lipinski definition) is 0. The summed E-state index contributed by atoms with van der Waals surface area (Å²) >= 11 is 5.81. The zero-order valence-electron chi connectivity index (χ0n) is 9.82. The van der Waals surface area contributed by atoms with Gasteiger partial charge in [-0.25, -0.2) is 0 Å². The van der Waals surface area contributed by atoms with E-state index in [2.05, 4.69) is 31.2 Å². The van der Waals surface area contributed by atoms with Gasteiger partial charge in [-0.05, 0) is 41.8 Å². The Morgan fingerprint density at radius 3 is 2.06 bits per heavy atom. The molecule has 0 aromatic heterocycles. The molecule has 0 heterocycles. The van der Waals surface area contributed by atoms with Crippen LogP contribution in [0.15, 0.2) is 48.5 Å². The molecule has 0 aliphatic carbocycles. The molecule has 2 rings (SSSR count). The second kappa shape index (κ2) is 5.74. The molecule has 0 saturated heterocycles. The van der Waals surface area contributed by atoms with Crippen LogP contribution in [0.2, 0.25) is 5.02 Å². The van der Waals surface area contributed by atoms with Crippen LogP contribution in [0.1, 0.15) is 18.1 Å². The van der Waals surface area contributed by atoms with Crippen molar-refractivity contribution in [2.24, 2.45) is 0 Å². The highest BCUT2D eigenvalue weighted by atomic mass is 35.5. The molecule has 0 spiro atoms. The lowest BCUT2D eigenvalue weighted by molar-refractivity contribution is 0.306. The van der Waals surface area contributed by atoms with Crippen LogP contribution in [-0.4, -0.2) is 0 Å². The molecule has 2 heteroatoms. The van der Waals surface area contributed by atoms with Gasteiger partial charge < -0.3 is 4.74 Å². The van der Waals surface area contributed by atoms with Gasteiger partial charge in [0.2, 0.25) is 0 Å². The number of aryl methyl sites for hydroxylation is 1. The summed E-state index contributed by atoms with van der Waals surface area (Å²) in [7, 11) is 0. The average Bonchev–Trinajstić information content (AvgIpc) is 2.39. The third-order valence-corrected chi connectivity index (χ3v) is 2.90. The fraction of sp³-hybridized carbons (Fsp3) is 0.200. The molecule has 1 nitrogen and oxygen atoms in total. The Morgan fingerprint density at radius 2 is 1.47 bits per heavy atom. The van der Waals surface area contributed by atoms with Gasteiger partial charge in [0, 0.05) is 5.02 Å². The van der Waals surface area contributed by atoms with Gasteiger partial charge >= 0.3 is 0 Å². The fourth-order valence-electron chi connectivity index (χ4n) is 1.57. The first-order valence-corrected chi connectivity index (χ1v) is 6.12. The number of benzene rings is 2. The number of hydrogen-bond acceptors (Lipinski definition) is 1. The SMILES string of the molecule is CCc1ccc(COc2ccc(Cl)cc2)cc1. The lowest BCUT2D eigenvalue weighted by Crippen LogP contribution is -1.95. The van der Waals surface area contributed by atoms with Gasteiger partial charge in [0.25, 0.3) is 0 Å². The molecule has 0 radical (unpaired) electrons. The predicted octanol–water partition coefficient (Wildman–Crippen LogP) is 4.48. The van der Waals surface area contributed by atoms with Crippen LogP contribution in [0.4, 0.5) is 0 Å². The Kier molecular flexibility index (Phi) is 4.05. The number of rotatable bonds is 4. The summed E-state index contributed by atoms with van der Waals surface area (Å²) < 4.78 is 5.66. The molecular formula is C15H15ClO. The van der Waals surface area contributed by atoms with Crippen molar-refractivity contribution in [1.82, 2.24) is 0 Å². The van der Waals surface area contributed by atoms with Crippen LogP contribution in [0, 0.1) is 0 Å². The maximum atomic E-state index is 5.81. The zero-order chi connectivity index (χ0) is 12.1. The van der Waals surface area contributed by atoms with E-state index < -0.39 is 0 Å². The Bertz CT molecular complexity index is 459. The van der Waals surface area contributed by atoms with E-state index in [-0.39, 0.29) is 0 Å². The van der Waals surface area contributed by atoms with Gasteiger partial charge in [-0.2, -0.15) is 0 Å². The Hall–Kier alpha value is -1.47. The molecule has 0 saturated carbocycles. The summed E-state index contributed by atoms with van der Waals surface area (Å²) in [5.74, 6) is 0.842. The minimum Gasteiger partial charge on any atom is -0.489 e. The van der Waals surface area contributed by atoms with E-state index in [1.165, 1.54) is 11.1 Å². The largest absolute Gasteiger partial charge is 0.489 e. The summed E-state index contributed by atoms with van der Waals surface area (Å²) in [6.45, 7) is 2.74. The zero-order valence-corrected chi connectivity index (χ0v) is 10.6. The highest BCUT2D eigenvalue weighted by Crippen LogP contribution is 2.17. The van der Waals surface area contributed by atoms with Crippen molar-refractivity contribution in [3.05, 3.63) is 64.7 Å². The quantitative estimate of drug-likeness (QED) is 0.773. The first-order chi connectivity index (χ1) is 8.28. The first kappa shape index (κ1) is 12.0. The van der Waals surface area contributed by atoms with E-state index in [0.717, 1.165) is 17.2 Å². The monoisotopic (exact) mass is 246 g/mol. The normalized spacial score (nSPS) is 10.2. The molecule has 0 bridgehead atoms. The van der Waals surface area contributed by atoms with Crippen LogP contribution in [0.5, 0.6) is 5.75 Å². The predicted molar refractivity (Wildman–Crippen MR) is 71.6 cm³/mol. The van der Waals surface area contributed by atoms with E-state index in [4.69, 9.17) is 16.3 Å². The molecular weight excluding hydrogens is 232 g/mol. The highest BCUT2D eigenvalue weighted by Gasteiger charge is 1.96. The third kappa shape index (κ3) is 3.50. The summed E-state index contributed by atoms with van der Waals surface area (Å²) in [4.78, 5) is 0. The average molecular weight is 247 g/mol. The van der Waals surface area contributed by atoms with E-state index in [1.807, 2.05) is 24.3 Å². The first-order valence-electron chi connectivity index (χ1n) is 5.74. The van der Waals surface area contributed by atoms with E-state index in [1.54, 1.807) is 0 Å². The highest BCUT2D eigenvalue weighted by molar-refractivity contribution is 6.30. The van der Waals surface area contributed by atoms with Gasteiger partial charge in [0.1, 0.15) is 12.4 Å². The van der Waals surface area contributed by atoms with Crippen LogP contribution in [0.3, 0.4) is 0 Å². The Labute approximate surface area is 107 Å². The number of ether oxygens (including phenoxy) is 1. The molecule has 0 amide bonds. The fourth-order valence-corrected chi connectivity index (χ4v) is 1.69. The van der Waals surface area contributed by atoms with Crippen LogP contribution >= 0.6 is 11.6 Å². The Balaban J connectivity index is 1.95. The molecule has 0 atom stereocenters. The maximum absolute atomic E-state index is 5.81. The maximum Gasteiger partial charge on any atom is 0.119 e.